The van der Waals surface area contributed by atoms with Crippen molar-refractivity contribution in [1.82, 2.24) is 0 Å². The lowest BCUT2D eigenvalue weighted by Gasteiger charge is -2.09. The summed E-state index contributed by atoms with van der Waals surface area (Å²) in [5.41, 5.74) is 5.88. The molecule has 0 aromatic heterocycles. The topological polar surface area (TPSA) is 43.1 Å². The molecule has 2 nitrogen and oxygen atoms in total. The van der Waals surface area contributed by atoms with Gasteiger partial charge in [-0.1, -0.05) is 35.3 Å². The molecule has 1 atom stereocenters. The number of hydrogen-bond donors (Lipinski definition) is 1. The van der Waals surface area contributed by atoms with E-state index in [9.17, 15) is 4.79 Å². The van der Waals surface area contributed by atoms with Crippen LogP contribution < -0.4 is 5.73 Å². The van der Waals surface area contributed by atoms with Crippen LogP contribution in [0.2, 0.25) is 10.0 Å². The van der Waals surface area contributed by atoms with Crippen molar-refractivity contribution in [1.29, 1.82) is 0 Å². The number of carbonyl (C=O) groups excluding carboxylic acids is 1. The van der Waals surface area contributed by atoms with Gasteiger partial charge in [-0.25, -0.2) is 0 Å². The highest BCUT2D eigenvalue weighted by molar-refractivity contribution is 6.42. The Balaban J connectivity index is 3.12. The summed E-state index contributed by atoms with van der Waals surface area (Å²) in [5, 5.41) is 0.847. The van der Waals surface area contributed by atoms with Crippen LogP contribution in [-0.2, 0) is 4.79 Å². The van der Waals surface area contributed by atoms with Gasteiger partial charge in [0.25, 0.3) is 0 Å². The van der Waals surface area contributed by atoms with E-state index >= 15 is 0 Å². The maximum Gasteiger partial charge on any atom is 0.228 e. The highest BCUT2D eigenvalue weighted by Crippen LogP contribution is 2.26. The number of amides is 1. The molecule has 0 bridgehead atoms. The van der Waals surface area contributed by atoms with Crippen LogP contribution in [0.1, 0.15) is 11.5 Å². The summed E-state index contributed by atoms with van der Waals surface area (Å²) in [7, 11) is 0. The fourth-order valence-electron chi connectivity index (χ4n) is 1.12. The number of hydrogen-bond acceptors (Lipinski definition) is 1. The smallest absolute Gasteiger partial charge is 0.228 e. The zero-order valence-corrected chi connectivity index (χ0v) is 8.85. The first-order chi connectivity index (χ1) is 6.56. The molecular weight excluding hydrogens is 221 g/mol. The van der Waals surface area contributed by atoms with Crippen LogP contribution in [0.3, 0.4) is 0 Å². The maximum absolute atomic E-state index is 11.0. The van der Waals surface area contributed by atoms with Gasteiger partial charge < -0.3 is 5.73 Å². The van der Waals surface area contributed by atoms with Gasteiger partial charge in [0.15, 0.2) is 0 Å². The van der Waals surface area contributed by atoms with E-state index in [0.29, 0.717) is 15.6 Å². The highest BCUT2D eigenvalue weighted by Gasteiger charge is 2.14. The Morgan fingerprint density at radius 3 is 2.50 bits per heavy atom. The molecule has 0 aliphatic heterocycles. The monoisotopic (exact) mass is 229 g/mol. The summed E-state index contributed by atoms with van der Waals surface area (Å²) in [4.78, 5) is 11.0. The predicted octanol–water partition coefficient (Wildman–Crippen LogP) is 2.75. The third-order valence-electron chi connectivity index (χ3n) is 1.85. The van der Waals surface area contributed by atoms with Gasteiger partial charge in [0.05, 0.1) is 16.0 Å². The molecule has 74 valence electrons. The van der Waals surface area contributed by atoms with Crippen LogP contribution >= 0.6 is 23.2 Å². The number of rotatable bonds is 3. The second-order valence-electron chi connectivity index (χ2n) is 2.79. The zero-order chi connectivity index (χ0) is 10.7. The SMILES string of the molecule is C=CC(C(N)=O)c1ccc(Cl)c(Cl)c1. The summed E-state index contributed by atoms with van der Waals surface area (Å²) < 4.78 is 0. The highest BCUT2D eigenvalue weighted by atomic mass is 35.5. The quantitative estimate of drug-likeness (QED) is 0.797. The van der Waals surface area contributed by atoms with E-state index in [0.717, 1.165) is 0 Å². The van der Waals surface area contributed by atoms with E-state index in [2.05, 4.69) is 6.58 Å². The lowest BCUT2D eigenvalue weighted by Crippen LogP contribution is -2.19. The van der Waals surface area contributed by atoms with Gasteiger partial charge >= 0.3 is 0 Å². The van der Waals surface area contributed by atoms with Crippen molar-refractivity contribution in [2.75, 3.05) is 0 Å². The molecule has 0 radical (unpaired) electrons. The molecule has 1 unspecified atom stereocenters. The van der Waals surface area contributed by atoms with Gasteiger partial charge in [-0.3, -0.25) is 4.79 Å². The van der Waals surface area contributed by atoms with E-state index in [1.807, 2.05) is 0 Å². The van der Waals surface area contributed by atoms with Gasteiger partial charge in [-0.2, -0.15) is 0 Å². The lowest BCUT2D eigenvalue weighted by atomic mass is 9.99. The minimum atomic E-state index is -0.523. The number of benzene rings is 1. The number of carbonyl (C=O) groups is 1. The average Bonchev–Trinajstić information content (AvgIpc) is 2.11. The Morgan fingerprint density at radius 2 is 2.07 bits per heavy atom. The van der Waals surface area contributed by atoms with Crippen molar-refractivity contribution >= 4 is 29.1 Å². The molecule has 0 aliphatic rings. The van der Waals surface area contributed by atoms with Crippen molar-refractivity contribution in [3.8, 4) is 0 Å². The van der Waals surface area contributed by atoms with Crippen LogP contribution in [0, 0.1) is 0 Å². The minimum absolute atomic E-state index is 0.400. The molecule has 0 aliphatic carbocycles. The van der Waals surface area contributed by atoms with Crippen molar-refractivity contribution in [2.45, 2.75) is 5.92 Å². The average molecular weight is 230 g/mol. The van der Waals surface area contributed by atoms with E-state index in [4.69, 9.17) is 28.9 Å². The Bertz CT molecular complexity index is 376. The maximum atomic E-state index is 11.0. The van der Waals surface area contributed by atoms with Crippen LogP contribution in [0.25, 0.3) is 0 Å². The third-order valence-corrected chi connectivity index (χ3v) is 2.58. The molecule has 1 rings (SSSR count). The first-order valence-corrected chi connectivity index (χ1v) is 4.68. The van der Waals surface area contributed by atoms with Gasteiger partial charge in [0.1, 0.15) is 0 Å². The summed E-state index contributed by atoms with van der Waals surface area (Å²) in [6.45, 7) is 3.53. The molecule has 4 heteroatoms. The fraction of sp³-hybridized carbons (Fsp3) is 0.100. The minimum Gasteiger partial charge on any atom is -0.369 e. The van der Waals surface area contributed by atoms with Gasteiger partial charge in [0.2, 0.25) is 5.91 Å². The molecule has 0 saturated carbocycles. The summed E-state index contributed by atoms with van der Waals surface area (Å²) in [6, 6.07) is 4.94. The largest absolute Gasteiger partial charge is 0.369 e. The first kappa shape index (κ1) is 11.1. The second-order valence-corrected chi connectivity index (χ2v) is 3.60. The number of halogens is 2. The predicted molar refractivity (Wildman–Crippen MR) is 58.6 cm³/mol. The molecule has 1 amide bonds. The summed E-state index contributed by atoms with van der Waals surface area (Å²) in [6.07, 6.45) is 1.47. The van der Waals surface area contributed by atoms with Crippen molar-refractivity contribution in [3.05, 3.63) is 46.5 Å². The van der Waals surface area contributed by atoms with Gasteiger partial charge in [0, 0.05) is 0 Å². The zero-order valence-electron chi connectivity index (χ0n) is 7.34. The fourth-order valence-corrected chi connectivity index (χ4v) is 1.43. The van der Waals surface area contributed by atoms with Crippen LogP contribution in [-0.4, -0.2) is 5.91 Å². The molecule has 0 saturated heterocycles. The van der Waals surface area contributed by atoms with Crippen molar-refractivity contribution in [3.63, 3.8) is 0 Å². The standard InChI is InChI=1S/C10H9Cl2NO/c1-2-7(10(13)14)6-3-4-8(11)9(12)5-6/h2-5,7H,1H2,(H2,13,14). The molecule has 0 heterocycles. The van der Waals surface area contributed by atoms with Crippen molar-refractivity contribution < 1.29 is 4.79 Å². The Morgan fingerprint density at radius 1 is 1.43 bits per heavy atom. The van der Waals surface area contributed by atoms with E-state index in [-0.39, 0.29) is 0 Å². The van der Waals surface area contributed by atoms with E-state index in [1.54, 1.807) is 18.2 Å². The molecule has 14 heavy (non-hydrogen) atoms. The molecule has 2 N–H and O–H groups in total. The molecule has 0 spiro atoms. The third kappa shape index (κ3) is 2.28. The Hall–Kier alpha value is -0.990. The summed E-state index contributed by atoms with van der Waals surface area (Å²) >= 11 is 11.5. The van der Waals surface area contributed by atoms with E-state index < -0.39 is 11.8 Å². The van der Waals surface area contributed by atoms with Crippen LogP contribution in [0.4, 0.5) is 0 Å². The lowest BCUT2D eigenvalue weighted by molar-refractivity contribution is -0.118. The second kappa shape index (κ2) is 4.49. The van der Waals surface area contributed by atoms with Crippen LogP contribution in [0.15, 0.2) is 30.9 Å². The Kier molecular flexibility index (Phi) is 3.55. The van der Waals surface area contributed by atoms with Gasteiger partial charge in [-0.15, -0.1) is 6.58 Å². The first-order valence-electron chi connectivity index (χ1n) is 3.93. The molecular formula is C10H9Cl2NO. The number of nitrogens with two attached hydrogens (primary N) is 1. The normalized spacial score (nSPS) is 12.1. The van der Waals surface area contributed by atoms with Crippen LogP contribution in [0.5, 0.6) is 0 Å². The summed E-state index contributed by atoms with van der Waals surface area (Å²) in [5.74, 6) is -0.983. The Labute approximate surface area is 92.3 Å². The van der Waals surface area contributed by atoms with Gasteiger partial charge in [-0.05, 0) is 17.7 Å². The molecule has 1 aromatic rings. The molecule has 1 aromatic carbocycles. The number of primary amides is 1. The van der Waals surface area contributed by atoms with Crippen molar-refractivity contribution in [2.24, 2.45) is 5.73 Å². The molecule has 0 fully saturated rings. The van der Waals surface area contributed by atoms with E-state index in [1.165, 1.54) is 6.08 Å².